The largest absolute Gasteiger partial charge is 0.297 e. The summed E-state index contributed by atoms with van der Waals surface area (Å²) < 4.78 is 31.1. The molecule has 0 saturated heterocycles. The van der Waals surface area contributed by atoms with Gasteiger partial charge in [0.1, 0.15) is 6.10 Å². The molecule has 0 amide bonds. The minimum Gasteiger partial charge on any atom is -0.258 e. The second-order valence-electron chi connectivity index (χ2n) is 6.14. The molecular formula is C20H18O3S. The van der Waals surface area contributed by atoms with Crippen molar-refractivity contribution in [3.05, 3.63) is 77.9 Å². The Labute approximate surface area is 142 Å². The van der Waals surface area contributed by atoms with E-state index in [-0.39, 0.29) is 4.90 Å². The molecule has 4 rings (SSSR count). The maximum Gasteiger partial charge on any atom is 0.297 e. The molecule has 4 heteroatoms. The molecule has 1 aliphatic rings. The smallest absolute Gasteiger partial charge is 0.258 e. The number of aryl methyl sites for hydroxylation is 1. The molecule has 3 aromatic carbocycles. The minimum atomic E-state index is -3.79. The highest BCUT2D eigenvalue weighted by atomic mass is 32.2. The Morgan fingerprint density at radius 2 is 1.62 bits per heavy atom. The van der Waals surface area contributed by atoms with Crippen molar-refractivity contribution in [3.63, 3.8) is 0 Å². The van der Waals surface area contributed by atoms with Gasteiger partial charge in [0.15, 0.2) is 0 Å². The maximum atomic E-state index is 12.7. The van der Waals surface area contributed by atoms with Crippen molar-refractivity contribution >= 4 is 20.9 Å². The second-order valence-corrected chi connectivity index (χ2v) is 7.71. The lowest BCUT2D eigenvalue weighted by Gasteiger charge is -2.25. The molecule has 3 aromatic rings. The molecule has 0 spiro atoms. The van der Waals surface area contributed by atoms with E-state index in [1.54, 1.807) is 12.1 Å². The van der Waals surface area contributed by atoms with Crippen LogP contribution >= 0.6 is 0 Å². The summed E-state index contributed by atoms with van der Waals surface area (Å²) in [6.45, 7) is 0. The second kappa shape index (κ2) is 6.04. The van der Waals surface area contributed by atoms with Crippen molar-refractivity contribution in [1.82, 2.24) is 0 Å². The Balaban J connectivity index is 1.68. The van der Waals surface area contributed by atoms with E-state index in [2.05, 4.69) is 0 Å². The molecule has 1 unspecified atom stereocenters. The van der Waals surface area contributed by atoms with E-state index in [9.17, 15) is 8.42 Å². The van der Waals surface area contributed by atoms with Crippen LogP contribution < -0.4 is 0 Å². The molecule has 0 aliphatic heterocycles. The third-order valence-corrected chi connectivity index (χ3v) is 5.88. The standard InChI is InChI=1S/C20H18O3S/c21-24(22,18-13-12-15-6-1-2-8-17(15)14-18)23-20-11-5-9-16-7-3-4-10-19(16)20/h1-4,6-8,10,12-14,20H,5,9,11H2. The Kier molecular flexibility index (Phi) is 3.87. The summed E-state index contributed by atoms with van der Waals surface area (Å²) in [7, 11) is -3.79. The van der Waals surface area contributed by atoms with E-state index < -0.39 is 16.2 Å². The number of fused-ring (bicyclic) bond motifs is 2. The van der Waals surface area contributed by atoms with E-state index in [1.165, 1.54) is 5.56 Å². The average molecular weight is 338 g/mol. The van der Waals surface area contributed by atoms with Crippen LogP contribution in [0.5, 0.6) is 0 Å². The predicted octanol–water partition coefficient (Wildman–Crippen LogP) is 4.62. The molecule has 24 heavy (non-hydrogen) atoms. The molecule has 0 aromatic heterocycles. The van der Waals surface area contributed by atoms with Gasteiger partial charge in [-0.3, -0.25) is 4.18 Å². The van der Waals surface area contributed by atoms with E-state index in [1.807, 2.05) is 54.6 Å². The summed E-state index contributed by atoms with van der Waals surface area (Å²) in [5.74, 6) is 0. The minimum absolute atomic E-state index is 0.212. The van der Waals surface area contributed by atoms with Crippen LogP contribution in [-0.2, 0) is 20.7 Å². The fourth-order valence-electron chi connectivity index (χ4n) is 3.34. The quantitative estimate of drug-likeness (QED) is 0.654. The van der Waals surface area contributed by atoms with Gasteiger partial charge in [0.2, 0.25) is 0 Å². The molecule has 0 N–H and O–H groups in total. The maximum absolute atomic E-state index is 12.7. The highest BCUT2D eigenvalue weighted by Crippen LogP contribution is 2.35. The van der Waals surface area contributed by atoms with Crippen LogP contribution in [-0.4, -0.2) is 8.42 Å². The molecule has 0 radical (unpaired) electrons. The van der Waals surface area contributed by atoms with Crippen molar-refractivity contribution in [1.29, 1.82) is 0 Å². The predicted molar refractivity (Wildman–Crippen MR) is 94.3 cm³/mol. The van der Waals surface area contributed by atoms with E-state index in [0.717, 1.165) is 35.6 Å². The van der Waals surface area contributed by atoms with Gasteiger partial charge in [0, 0.05) is 0 Å². The van der Waals surface area contributed by atoms with E-state index in [0.29, 0.717) is 0 Å². The lowest BCUT2D eigenvalue weighted by Crippen LogP contribution is -2.17. The van der Waals surface area contributed by atoms with Crippen molar-refractivity contribution in [3.8, 4) is 0 Å². The number of hydrogen-bond donors (Lipinski definition) is 0. The highest BCUT2D eigenvalue weighted by molar-refractivity contribution is 7.86. The Hall–Kier alpha value is -2.17. The van der Waals surface area contributed by atoms with Crippen LogP contribution in [0.4, 0.5) is 0 Å². The number of rotatable bonds is 3. The first-order valence-corrected chi connectivity index (χ1v) is 9.54. The van der Waals surface area contributed by atoms with Crippen LogP contribution in [0.15, 0.2) is 71.6 Å². The van der Waals surface area contributed by atoms with Gasteiger partial charge < -0.3 is 0 Å². The topological polar surface area (TPSA) is 43.4 Å². The summed E-state index contributed by atoms with van der Waals surface area (Å²) in [6, 6.07) is 20.8. The Morgan fingerprint density at radius 1 is 0.875 bits per heavy atom. The molecule has 0 saturated carbocycles. The normalized spacial score (nSPS) is 17.6. The zero-order chi connectivity index (χ0) is 16.6. The van der Waals surface area contributed by atoms with Crippen LogP contribution in [0, 0.1) is 0 Å². The van der Waals surface area contributed by atoms with Gasteiger partial charge in [-0.1, -0.05) is 54.6 Å². The Bertz CT molecular complexity index is 992. The van der Waals surface area contributed by atoms with Gasteiger partial charge in [-0.25, -0.2) is 0 Å². The Morgan fingerprint density at radius 3 is 2.50 bits per heavy atom. The van der Waals surface area contributed by atoms with Crippen LogP contribution in [0.25, 0.3) is 10.8 Å². The highest BCUT2D eigenvalue weighted by Gasteiger charge is 2.27. The van der Waals surface area contributed by atoms with E-state index in [4.69, 9.17) is 4.18 Å². The first-order chi connectivity index (χ1) is 11.6. The van der Waals surface area contributed by atoms with Gasteiger partial charge >= 0.3 is 0 Å². The summed E-state index contributed by atoms with van der Waals surface area (Å²) in [5.41, 5.74) is 2.18. The van der Waals surface area contributed by atoms with Gasteiger partial charge in [0.05, 0.1) is 4.90 Å². The number of benzene rings is 3. The fraction of sp³-hybridized carbons (Fsp3) is 0.200. The van der Waals surface area contributed by atoms with Crippen molar-refractivity contribution in [2.45, 2.75) is 30.3 Å². The lowest BCUT2D eigenvalue weighted by molar-refractivity contribution is 0.191. The molecular weight excluding hydrogens is 320 g/mol. The van der Waals surface area contributed by atoms with Gasteiger partial charge in [0.25, 0.3) is 10.1 Å². The van der Waals surface area contributed by atoms with Crippen LogP contribution in [0.2, 0.25) is 0 Å². The monoisotopic (exact) mass is 338 g/mol. The molecule has 0 fully saturated rings. The molecule has 3 nitrogen and oxygen atoms in total. The molecule has 1 atom stereocenters. The van der Waals surface area contributed by atoms with Gasteiger partial charge in [-0.2, -0.15) is 8.42 Å². The first kappa shape index (κ1) is 15.4. The SMILES string of the molecule is O=S(=O)(OC1CCCc2ccccc21)c1ccc2ccccc2c1. The molecule has 122 valence electrons. The molecule has 1 aliphatic carbocycles. The lowest BCUT2D eigenvalue weighted by atomic mass is 9.90. The summed E-state index contributed by atoms with van der Waals surface area (Å²) in [5, 5.41) is 1.91. The van der Waals surface area contributed by atoms with E-state index >= 15 is 0 Å². The van der Waals surface area contributed by atoms with Crippen LogP contribution in [0.1, 0.15) is 30.1 Å². The summed E-state index contributed by atoms with van der Waals surface area (Å²) in [6.07, 6.45) is 2.25. The van der Waals surface area contributed by atoms with Crippen molar-refractivity contribution in [2.75, 3.05) is 0 Å². The first-order valence-electron chi connectivity index (χ1n) is 8.13. The molecule has 0 bridgehead atoms. The third kappa shape index (κ3) is 2.83. The third-order valence-electron chi connectivity index (χ3n) is 4.57. The van der Waals surface area contributed by atoms with Crippen LogP contribution in [0.3, 0.4) is 0 Å². The van der Waals surface area contributed by atoms with Gasteiger partial charge in [-0.15, -0.1) is 0 Å². The summed E-state index contributed by atoms with van der Waals surface area (Å²) >= 11 is 0. The fourth-order valence-corrected chi connectivity index (χ4v) is 4.46. The number of hydrogen-bond acceptors (Lipinski definition) is 3. The zero-order valence-electron chi connectivity index (χ0n) is 13.2. The van der Waals surface area contributed by atoms with Gasteiger partial charge in [-0.05, 0) is 53.3 Å². The average Bonchev–Trinajstić information content (AvgIpc) is 2.61. The zero-order valence-corrected chi connectivity index (χ0v) is 14.0. The van der Waals surface area contributed by atoms with Crippen molar-refractivity contribution < 1.29 is 12.6 Å². The van der Waals surface area contributed by atoms with Crippen molar-refractivity contribution in [2.24, 2.45) is 0 Å². The summed E-state index contributed by atoms with van der Waals surface area (Å²) in [4.78, 5) is 0.212. The molecule has 0 heterocycles.